The minimum Gasteiger partial charge on any atom is -0.465 e. The Hall–Kier alpha value is -1.59. The third-order valence-electron chi connectivity index (χ3n) is 2.17. The lowest BCUT2D eigenvalue weighted by atomic mass is 10.0. The van der Waals surface area contributed by atoms with Crippen LogP contribution in [0, 0.1) is 0 Å². The lowest BCUT2D eigenvalue weighted by Gasteiger charge is -2.10. The zero-order chi connectivity index (χ0) is 12.1. The molecule has 5 nitrogen and oxygen atoms in total. The second-order valence-corrected chi connectivity index (χ2v) is 3.03. The molecule has 0 unspecified atom stereocenters. The number of benzene rings is 1. The van der Waals surface area contributed by atoms with Gasteiger partial charge in [-0.2, -0.15) is 0 Å². The molecule has 0 aliphatic heterocycles. The van der Waals surface area contributed by atoms with Crippen LogP contribution >= 0.6 is 12.4 Å². The van der Waals surface area contributed by atoms with E-state index in [1.165, 1.54) is 20.3 Å². The van der Waals surface area contributed by atoms with Crippen LogP contribution in [0.3, 0.4) is 0 Å². The number of esters is 2. The summed E-state index contributed by atoms with van der Waals surface area (Å²) in [6.45, 7) is 0.148. The van der Waals surface area contributed by atoms with Gasteiger partial charge in [-0.05, 0) is 11.6 Å². The first-order valence-electron chi connectivity index (χ1n) is 4.64. The topological polar surface area (TPSA) is 78.6 Å². The van der Waals surface area contributed by atoms with Gasteiger partial charge in [-0.3, -0.25) is 0 Å². The summed E-state index contributed by atoms with van der Waals surface area (Å²) in [6.07, 6.45) is 0. The minimum absolute atomic E-state index is 0. The third kappa shape index (κ3) is 3.18. The number of hydrogen-bond donors (Lipinski definition) is 1. The van der Waals surface area contributed by atoms with Crippen LogP contribution in [0.5, 0.6) is 0 Å². The highest BCUT2D eigenvalue weighted by atomic mass is 35.5. The van der Waals surface area contributed by atoms with Crippen molar-refractivity contribution in [1.82, 2.24) is 0 Å². The number of ether oxygens (including phenoxy) is 2. The first-order chi connectivity index (χ1) is 7.65. The summed E-state index contributed by atoms with van der Waals surface area (Å²) in [5, 5.41) is 0. The maximum atomic E-state index is 11.5. The number of hydrogen-bond acceptors (Lipinski definition) is 5. The van der Waals surface area contributed by atoms with E-state index in [1.54, 1.807) is 12.1 Å². The van der Waals surface area contributed by atoms with Crippen LogP contribution in [0.25, 0.3) is 0 Å². The number of carbonyl (C=O) groups excluding carboxylic acids is 2. The van der Waals surface area contributed by atoms with Crippen molar-refractivity contribution in [2.75, 3.05) is 14.2 Å². The van der Waals surface area contributed by atoms with Gasteiger partial charge in [0.2, 0.25) is 0 Å². The molecule has 0 spiro atoms. The Morgan fingerprint density at radius 1 is 1.18 bits per heavy atom. The Balaban J connectivity index is 0.00000256. The Morgan fingerprint density at radius 3 is 2.24 bits per heavy atom. The molecule has 1 aromatic carbocycles. The van der Waals surface area contributed by atoms with Crippen LogP contribution in [0.2, 0.25) is 0 Å². The summed E-state index contributed by atoms with van der Waals surface area (Å²) < 4.78 is 9.20. The number of carbonyl (C=O) groups is 2. The fourth-order valence-electron chi connectivity index (χ4n) is 1.39. The molecule has 6 heteroatoms. The van der Waals surface area contributed by atoms with Crippen LogP contribution in [-0.4, -0.2) is 26.2 Å². The van der Waals surface area contributed by atoms with Crippen molar-refractivity contribution >= 4 is 24.3 Å². The van der Waals surface area contributed by atoms with Crippen molar-refractivity contribution < 1.29 is 19.1 Å². The Labute approximate surface area is 105 Å². The van der Waals surface area contributed by atoms with Gasteiger partial charge >= 0.3 is 11.9 Å². The average molecular weight is 260 g/mol. The summed E-state index contributed by atoms with van der Waals surface area (Å²) in [4.78, 5) is 23.0. The van der Waals surface area contributed by atoms with Gasteiger partial charge in [0.1, 0.15) is 0 Å². The minimum atomic E-state index is -0.596. The first kappa shape index (κ1) is 15.4. The number of methoxy groups -OCH3 is 2. The fraction of sp³-hybridized carbons (Fsp3) is 0.273. The average Bonchev–Trinajstić information content (AvgIpc) is 2.35. The molecule has 0 atom stereocenters. The molecule has 0 fully saturated rings. The van der Waals surface area contributed by atoms with Crippen molar-refractivity contribution in [2.45, 2.75) is 6.54 Å². The second-order valence-electron chi connectivity index (χ2n) is 3.03. The predicted octanol–water partition coefficient (Wildman–Crippen LogP) is 1.14. The molecule has 0 bridgehead atoms. The fourth-order valence-corrected chi connectivity index (χ4v) is 1.39. The van der Waals surface area contributed by atoms with Crippen molar-refractivity contribution in [3.8, 4) is 0 Å². The molecular formula is C11H14ClNO4. The van der Waals surface area contributed by atoms with Crippen LogP contribution < -0.4 is 5.73 Å². The van der Waals surface area contributed by atoms with E-state index in [0.717, 1.165) is 0 Å². The number of halogens is 1. The van der Waals surface area contributed by atoms with E-state index >= 15 is 0 Å². The molecule has 0 heterocycles. The molecule has 1 aromatic rings. The zero-order valence-corrected chi connectivity index (χ0v) is 10.4. The highest BCUT2D eigenvalue weighted by Gasteiger charge is 2.21. The zero-order valence-electron chi connectivity index (χ0n) is 9.56. The second kappa shape index (κ2) is 6.88. The molecule has 0 aliphatic rings. The summed E-state index contributed by atoms with van der Waals surface area (Å²) in [5.74, 6) is -1.18. The van der Waals surface area contributed by atoms with Gasteiger partial charge in [-0.1, -0.05) is 12.1 Å². The monoisotopic (exact) mass is 259 g/mol. The largest absolute Gasteiger partial charge is 0.465 e. The van der Waals surface area contributed by atoms with Crippen LogP contribution in [0.4, 0.5) is 0 Å². The van der Waals surface area contributed by atoms with Gasteiger partial charge in [-0.25, -0.2) is 9.59 Å². The lowest BCUT2D eigenvalue weighted by Crippen LogP contribution is -2.16. The van der Waals surface area contributed by atoms with Gasteiger partial charge in [-0.15, -0.1) is 12.4 Å². The quantitative estimate of drug-likeness (QED) is 0.824. The lowest BCUT2D eigenvalue weighted by molar-refractivity contribution is 0.0554. The first-order valence-corrected chi connectivity index (χ1v) is 4.64. The molecule has 0 aromatic heterocycles. The standard InChI is InChI=1S/C11H13NO4.ClH/c1-15-10(13)8-5-3-4-7(6-12)9(8)11(14)16-2;/h3-5H,6,12H2,1-2H3;1H. The molecule has 0 saturated carbocycles. The van der Waals surface area contributed by atoms with E-state index in [2.05, 4.69) is 9.47 Å². The maximum Gasteiger partial charge on any atom is 0.339 e. The van der Waals surface area contributed by atoms with E-state index in [9.17, 15) is 9.59 Å². The van der Waals surface area contributed by atoms with Gasteiger partial charge in [0, 0.05) is 6.54 Å². The van der Waals surface area contributed by atoms with E-state index in [4.69, 9.17) is 5.73 Å². The Morgan fingerprint density at radius 2 is 1.76 bits per heavy atom. The molecule has 0 amide bonds. The normalized spacial score (nSPS) is 9.12. The van der Waals surface area contributed by atoms with Gasteiger partial charge in [0.05, 0.1) is 25.3 Å². The molecule has 17 heavy (non-hydrogen) atoms. The van der Waals surface area contributed by atoms with Crippen molar-refractivity contribution in [2.24, 2.45) is 5.73 Å². The van der Waals surface area contributed by atoms with E-state index in [-0.39, 0.29) is 30.1 Å². The molecular weight excluding hydrogens is 246 g/mol. The third-order valence-corrected chi connectivity index (χ3v) is 2.17. The summed E-state index contributed by atoms with van der Waals surface area (Å²) in [7, 11) is 2.50. The molecule has 94 valence electrons. The molecule has 1 rings (SSSR count). The number of nitrogens with two attached hydrogens (primary N) is 1. The summed E-state index contributed by atoms with van der Waals surface area (Å²) >= 11 is 0. The number of rotatable bonds is 3. The smallest absolute Gasteiger partial charge is 0.339 e. The Kier molecular flexibility index (Phi) is 6.23. The van der Waals surface area contributed by atoms with Crippen molar-refractivity contribution in [1.29, 1.82) is 0 Å². The van der Waals surface area contributed by atoms with E-state index < -0.39 is 11.9 Å². The van der Waals surface area contributed by atoms with Crippen molar-refractivity contribution in [3.05, 3.63) is 34.9 Å². The SMILES string of the molecule is COC(=O)c1cccc(CN)c1C(=O)OC.Cl. The van der Waals surface area contributed by atoms with Crippen LogP contribution in [-0.2, 0) is 16.0 Å². The van der Waals surface area contributed by atoms with Crippen LogP contribution in [0.15, 0.2) is 18.2 Å². The maximum absolute atomic E-state index is 11.5. The molecule has 0 saturated heterocycles. The van der Waals surface area contributed by atoms with Crippen LogP contribution in [0.1, 0.15) is 26.3 Å². The summed E-state index contributed by atoms with van der Waals surface area (Å²) in [6, 6.07) is 4.80. The summed E-state index contributed by atoms with van der Waals surface area (Å²) in [5.41, 5.74) is 6.37. The van der Waals surface area contributed by atoms with E-state index in [0.29, 0.717) is 5.56 Å². The van der Waals surface area contributed by atoms with Crippen molar-refractivity contribution in [3.63, 3.8) is 0 Å². The molecule has 0 radical (unpaired) electrons. The van der Waals surface area contributed by atoms with E-state index in [1.807, 2.05) is 0 Å². The molecule has 0 aliphatic carbocycles. The van der Waals surface area contributed by atoms with Gasteiger partial charge in [0.25, 0.3) is 0 Å². The predicted molar refractivity (Wildman–Crippen MR) is 64.3 cm³/mol. The highest BCUT2D eigenvalue weighted by molar-refractivity contribution is 6.04. The molecule has 2 N–H and O–H groups in total. The Bertz CT molecular complexity index is 420. The van der Waals surface area contributed by atoms with Gasteiger partial charge in [0.15, 0.2) is 0 Å². The highest BCUT2D eigenvalue weighted by Crippen LogP contribution is 2.16. The van der Waals surface area contributed by atoms with Gasteiger partial charge < -0.3 is 15.2 Å².